The zero-order valence-corrected chi connectivity index (χ0v) is 15.4. The highest BCUT2D eigenvalue weighted by molar-refractivity contribution is 6.33. The van der Waals surface area contributed by atoms with Crippen LogP contribution in [-0.2, 0) is 12.1 Å². The molecule has 5 heteroatoms. The van der Waals surface area contributed by atoms with Crippen LogP contribution < -0.4 is 5.32 Å². The van der Waals surface area contributed by atoms with Crippen molar-refractivity contribution in [1.29, 1.82) is 0 Å². The minimum atomic E-state index is -0.00540. The molecule has 2 heterocycles. The number of fused-ring (bicyclic) bond motifs is 1. The van der Waals surface area contributed by atoms with E-state index in [2.05, 4.69) is 59.3 Å². The number of nitrogens with one attached hydrogen (secondary N) is 2. The molecular weight excluding hydrogens is 332 g/mol. The monoisotopic (exact) mass is 352 g/mol. The summed E-state index contributed by atoms with van der Waals surface area (Å²) in [5, 5.41) is 4.15. The number of rotatable bonds is 3. The standard InChI is InChI=1S/C20H21ClN4/c1-20(2)16-11-15(14-6-4-5-7-17(14)21)18(10-13(16)12-25(20)3)24-19-22-8-9-23-19/h4-11H,12H2,1-3H3,(H2,22,23,24). The summed E-state index contributed by atoms with van der Waals surface area (Å²) in [5.41, 5.74) is 5.78. The van der Waals surface area contributed by atoms with Crippen LogP contribution >= 0.6 is 11.6 Å². The number of hydrogen-bond donors (Lipinski definition) is 2. The van der Waals surface area contributed by atoms with Crippen LogP contribution in [0.15, 0.2) is 48.8 Å². The molecule has 4 rings (SSSR count). The first-order valence-corrected chi connectivity index (χ1v) is 8.74. The lowest BCUT2D eigenvalue weighted by Gasteiger charge is -2.29. The van der Waals surface area contributed by atoms with Crippen molar-refractivity contribution in [2.24, 2.45) is 0 Å². The lowest BCUT2D eigenvalue weighted by molar-refractivity contribution is 0.178. The molecule has 2 aromatic carbocycles. The molecule has 0 atom stereocenters. The van der Waals surface area contributed by atoms with Gasteiger partial charge in [-0.1, -0.05) is 29.8 Å². The Labute approximate surface area is 152 Å². The Morgan fingerprint density at radius 2 is 2.00 bits per heavy atom. The van der Waals surface area contributed by atoms with Crippen LogP contribution in [0.2, 0.25) is 5.02 Å². The summed E-state index contributed by atoms with van der Waals surface area (Å²) in [4.78, 5) is 9.77. The van der Waals surface area contributed by atoms with Crippen molar-refractivity contribution in [1.82, 2.24) is 14.9 Å². The second-order valence-corrected chi connectivity index (χ2v) is 7.42. The Kier molecular flexibility index (Phi) is 3.82. The third kappa shape index (κ3) is 2.71. The van der Waals surface area contributed by atoms with Gasteiger partial charge >= 0.3 is 0 Å². The lowest BCUT2D eigenvalue weighted by Crippen LogP contribution is -2.31. The molecule has 0 spiro atoms. The summed E-state index contributed by atoms with van der Waals surface area (Å²) in [6.45, 7) is 5.45. The number of halogens is 1. The van der Waals surface area contributed by atoms with E-state index in [1.54, 1.807) is 6.20 Å². The van der Waals surface area contributed by atoms with E-state index in [4.69, 9.17) is 11.6 Å². The smallest absolute Gasteiger partial charge is 0.204 e. The molecule has 25 heavy (non-hydrogen) atoms. The molecule has 0 amide bonds. The summed E-state index contributed by atoms with van der Waals surface area (Å²) in [7, 11) is 2.16. The van der Waals surface area contributed by atoms with E-state index < -0.39 is 0 Å². The van der Waals surface area contributed by atoms with E-state index in [-0.39, 0.29) is 5.54 Å². The van der Waals surface area contributed by atoms with Crippen molar-refractivity contribution >= 4 is 23.2 Å². The topological polar surface area (TPSA) is 44.0 Å². The fourth-order valence-electron chi connectivity index (χ4n) is 3.47. The number of imidazole rings is 1. The van der Waals surface area contributed by atoms with Crippen LogP contribution in [0.4, 0.5) is 11.6 Å². The van der Waals surface area contributed by atoms with Gasteiger partial charge in [-0.2, -0.15) is 0 Å². The van der Waals surface area contributed by atoms with Crippen molar-refractivity contribution in [2.45, 2.75) is 25.9 Å². The van der Waals surface area contributed by atoms with Gasteiger partial charge in [0.1, 0.15) is 0 Å². The first-order chi connectivity index (χ1) is 12.0. The number of anilines is 2. The molecule has 1 aliphatic rings. The molecule has 0 bridgehead atoms. The molecule has 128 valence electrons. The van der Waals surface area contributed by atoms with Crippen LogP contribution in [-0.4, -0.2) is 21.9 Å². The molecule has 4 nitrogen and oxygen atoms in total. The number of hydrogen-bond acceptors (Lipinski definition) is 3. The van der Waals surface area contributed by atoms with Crippen molar-refractivity contribution in [3.8, 4) is 11.1 Å². The van der Waals surface area contributed by atoms with E-state index in [0.717, 1.165) is 34.3 Å². The third-order valence-corrected chi connectivity index (χ3v) is 5.51. The second kappa shape index (κ2) is 5.90. The van der Waals surface area contributed by atoms with Gasteiger partial charge in [0, 0.05) is 46.3 Å². The number of nitrogens with zero attached hydrogens (tertiary/aromatic N) is 2. The summed E-state index contributed by atoms with van der Waals surface area (Å²) >= 11 is 6.50. The maximum absolute atomic E-state index is 6.50. The van der Waals surface area contributed by atoms with Gasteiger partial charge in [0.05, 0.1) is 0 Å². The normalized spacial score (nSPS) is 16.0. The van der Waals surface area contributed by atoms with E-state index in [0.29, 0.717) is 0 Å². The molecule has 1 aliphatic heterocycles. The average Bonchev–Trinajstić information content (AvgIpc) is 3.15. The van der Waals surface area contributed by atoms with Crippen LogP contribution in [0, 0.1) is 0 Å². The second-order valence-electron chi connectivity index (χ2n) is 7.01. The average molecular weight is 353 g/mol. The molecule has 0 saturated carbocycles. The Morgan fingerprint density at radius 3 is 2.72 bits per heavy atom. The molecule has 1 aromatic heterocycles. The summed E-state index contributed by atoms with van der Waals surface area (Å²) in [5.74, 6) is 0.721. The van der Waals surface area contributed by atoms with E-state index in [9.17, 15) is 0 Å². The zero-order valence-electron chi connectivity index (χ0n) is 14.6. The quantitative estimate of drug-likeness (QED) is 0.684. The van der Waals surface area contributed by atoms with Crippen molar-refractivity contribution in [3.05, 3.63) is 64.9 Å². The highest BCUT2D eigenvalue weighted by Crippen LogP contribution is 2.44. The summed E-state index contributed by atoms with van der Waals surface area (Å²) < 4.78 is 0. The van der Waals surface area contributed by atoms with Gasteiger partial charge in [-0.15, -0.1) is 0 Å². The SMILES string of the molecule is CN1Cc2cc(Nc3ncc[nH]3)c(-c3ccccc3Cl)cc2C1(C)C. The minimum Gasteiger partial charge on any atom is -0.331 e. The zero-order chi connectivity index (χ0) is 17.6. The van der Waals surface area contributed by atoms with E-state index >= 15 is 0 Å². The summed E-state index contributed by atoms with van der Waals surface area (Å²) in [6.07, 6.45) is 3.55. The predicted octanol–water partition coefficient (Wildman–Crippen LogP) is 5.15. The summed E-state index contributed by atoms with van der Waals surface area (Å²) in [6, 6.07) is 12.5. The first-order valence-electron chi connectivity index (χ1n) is 8.37. The highest BCUT2D eigenvalue weighted by atomic mass is 35.5. The van der Waals surface area contributed by atoms with Crippen LogP contribution in [0.1, 0.15) is 25.0 Å². The van der Waals surface area contributed by atoms with Crippen molar-refractivity contribution < 1.29 is 0 Å². The van der Waals surface area contributed by atoms with Gasteiger partial charge < -0.3 is 10.3 Å². The van der Waals surface area contributed by atoms with Crippen LogP contribution in [0.5, 0.6) is 0 Å². The van der Waals surface area contributed by atoms with Gasteiger partial charge in [0.2, 0.25) is 5.95 Å². The molecule has 0 radical (unpaired) electrons. The van der Waals surface area contributed by atoms with Gasteiger partial charge in [0.25, 0.3) is 0 Å². The van der Waals surface area contributed by atoms with Gasteiger partial charge in [-0.25, -0.2) is 4.98 Å². The minimum absolute atomic E-state index is 0.00540. The molecule has 0 saturated heterocycles. The van der Waals surface area contributed by atoms with Crippen molar-refractivity contribution in [2.75, 3.05) is 12.4 Å². The highest BCUT2D eigenvalue weighted by Gasteiger charge is 2.35. The molecule has 3 aromatic rings. The van der Waals surface area contributed by atoms with Crippen LogP contribution in [0.25, 0.3) is 11.1 Å². The van der Waals surface area contributed by atoms with Gasteiger partial charge in [-0.05, 0) is 50.2 Å². The number of benzene rings is 2. The first kappa shape index (κ1) is 16.2. The molecule has 0 aliphatic carbocycles. The maximum atomic E-state index is 6.50. The molecule has 2 N–H and O–H groups in total. The van der Waals surface area contributed by atoms with Gasteiger partial charge in [0.15, 0.2) is 0 Å². The Hall–Kier alpha value is -2.30. The Bertz CT molecular complexity index is 915. The molecular formula is C20H21ClN4. The molecule has 0 unspecified atom stereocenters. The van der Waals surface area contributed by atoms with Gasteiger partial charge in [-0.3, -0.25) is 4.90 Å². The fraction of sp³-hybridized carbons (Fsp3) is 0.250. The Balaban J connectivity index is 1.91. The fourth-order valence-corrected chi connectivity index (χ4v) is 3.71. The largest absolute Gasteiger partial charge is 0.331 e. The third-order valence-electron chi connectivity index (χ3n) is 5.18. The number of aromatic amines is 1. The predicted molar refractivity (Wildman–Crippen MR) is 103 cm³/mol. The number of H-pyrrole nitrogens is 1. The molecule has 0 fully saturated rings. The lowest BCUT2D eigenvalue weighted by atomic mass is 9.89. The number of aromatic nitrogens is 2. The Morgan fingerprint density at radius 1 is 1.20 bits per heavy atom. The van der Waals surface area contributed by atoms with E-state index in [1.165, 1.54) is 11.1 Å². The maximum Gasteiger partial charge on any atom is 0.204 e. The van der Waals surface area contributed by atoms with Crippen molar-refractivity contribution in [3.63, 3.8) is 0 Å². The van der Waals surface area contributed by atoms with Crippen LogP contribution in [0.3, 0.4) is 0 Å². The van der Waals surface area contributed by atoms with E-state index in [1.807, 2.05) is 24.4 Å².